The van der Waals surface area contributed by atoms with Crippen molar-refractivity contribution in [2.24, 2.45) is 5.41 Å². The van der Waals surface area contributed by atoms with E-state index in [1.165, 1.54) is 10.4 Å². The number of carbonyl (C=O) groups is 1. The van der Waals surface area contributed by atoms with Crippen LogP contribution in [0.25, 0.3) is 0 Å². The summed E-state index contributed by atoms with van der Waals surface area (Å²) in [5.74, 6) is 0.401. The Labute approximate surface area is 131 Å². The van der Waals surface area contributed by atoms with Crippen LogP contribution in [0.3, 0.4) is 0 Å². The fourth-order valence-corrected chi connectivity index (χ4v) is 5.04. The molecule has 2 unspecified atom stereocenters. The first-order valence-electron chi connectivity index (χ1n) is 8.30. The molecule has 1 N–H and O–H groups in total. The highest BCUT2D eigenvalue weighted by Gasteiger charge is 2.45. The molecule has 0 aliphatic carbocycles. The van der Waals surface area contributed by atoms with E-state index in [0.717, 1.165) is 51.7 Å². The standard InChI is InChI=1S/C17H26N2OS/c1-3-7-17(8-9-18-12-17)16(20)19-10-5-15-13(6-11-21-15)14(19)4-2/h6,11,14,18H,3-5,7-10,12H2,1-2H3. The van der Waals surface area contributed by atoms with Crippen LogP contribution in [0, 0.1) is 5.41 Å². The van der Waals surface area contributed by atoms with E-state index in [4.69, 9.17) is 0 Å². The van der Waals surface area contributed by atoms with Gasteiger partial charge < -0.3 is 10.2 Å². The van der Waals surface area contributed by atoms with Crippen LogP contribution in [0.5, 0.6) is 0 Å². The zero-order valence-corrected chi connectivity index (χ0v) is 14.0. The molecule has 1 fully saturated rings. The molecule has 0 saturated carbocycles. The normalized spacial score (nSPS) is 28.7. The van der Waals surface area contributed by atoms with E-state index in [-0.39, 0.29) is 5.41 Å². The molecule has 1 saturated heterocycles. The van der Waals surface area contributed by atoms with Gasteiger partial charge in [0.1, 0.15) is 0 Å². The number of nitrogens with one attached hydrogen (secondary N) is 1. The first kappa shape index (κ1) is 15.0. The first-order chi connectivity index (χ1) is 10.2. The summed E-state index contributed by atoms with van der Waals surface area (Å²) < 4.78 is 0. The zero-order valence-electron chi connectivity index (χ0n) is 13.2. The number of amides is 1. The van der Waals surface area contributed by atoms with Gasteiger partial charge in [0.25, 0.3) is 0 Å². The third-order valence-electron chi connectivity index (χ3n) is 5.17. The summed E-state index contributed by atoms with van der Waals surface area (Å²) >= 11 is 1.85. The second-order valence-electron chi connectivity index (χ2n) is 6.43. The van der Waals surface area contributed by atoms with Crippen molar-refractivity contribution in [3.05, 3.63) is 21.9 Å². The van der Waals surface area contributed by atoms with E-state index in [0.29, 0.717) is 11.9 Å². The van der Waals surface area contributed by atoms with Crippen LogP contribution in [0.2, 0.25) is 0 Å². The van der Waals surface area contributed by atoms with Gasteiger partial charge in [0.15, 0.2) is 0 Å². The average Bonchev–Trinajstić information content (AvgIpc) is 3.15. The first-order valence-corrected chi connectivity index (χ1v) is 9.18. The Morgan fingerprint density at radius 1 is 1.52 bits per heavy atom. The maximum absolute atomic E-state index is 13.3. The van der Waals surface area contributed by atoms with Crippen LogP contribution in [0.15, 0.2) is 11.4 Å². The summed E-state index contributed by atoms with van der Waals surface area (Å²) in [4.78, 5) is 17.0. The van der Waals surface area contributed by atoms with E-state index >= 15 is 0 Å². The van der Waals surface area contributed by atoms with Gasteiger partial charge in [-0.2, -0.15) is 0 Å². The summed E-state index contributed by atoms with van der Waals surface area (Å²) in [6, 6.07) is 2.52. The molecule has 3 heterocycles. The summed E-state index contributed by atoms with van der Waals surface area (Å²) in [6.07, 6.45) is 5.16. The smallest absolute Gasteiger partial charge is 0.230 e. The van der Waals surface area contributed by atoms with E-state index in [1.54, 1.807) is 0 Å². The Balaban J connectivity index is 1.87. The molecule has 2 atom stereocenters. The maximum Gasteiger partial charge on any atom is 0.230 e. The van der Waals surface area contributed by atoms with Gasteiger partial charge in [-0.15, -0.1) is 11.3 Å². The number of nitrogens with zero attached hydrogens (tertiary/aromatic N) is 1. The lowest BCUT2D eigenvalue weighted by atomic mass is 9.79. The predicted molar refractivity (Wildman–Crippen MR) is 87.6 cm³/mol. The summed E-state index contributed by atoms with van der Waals surface area (Å²) in [7, 11) is 0. The van der Waals surface area contributed by atoms with Crippen LogP contribution in [-0.4, -0.2) is 30.4 Å². The van der Waals surface area contributed by atoms with Gasteiger partial charge in [0.05, 0.1) is 11.5 Å². The van der Waals surface area contributed by atoms with Gasteiger partial charge in [0.2, 0.25) is 5.91 Å². The van der Waals surface area contributed by atoms with Gasteiger partial charge in [0, 0.05) is 18.0 Å². The molecule has 0 radical (unpaired) electrons. The number of hydrogen-bond donors (Lipinski definition) is 1. The van der Waals surface area contributed by atoms with Crippen LogP contribution >= 0.6 is 11.3 Å². The summed E-state index contributed by atoms with van der Waals surface area (Å²) in [5.41, 5.74) is 1.26. The molecule has 116 valence electrons. The van der Waals surface area contributed by atoms with Gasteiger partial charge in [-0.05, 0) is 49.2 Å². The molecule has 1 aromatic heterocycles. The van der Waals surface area contributed by atoms with E-state index in [9.17, 15) is 4.79 Å². The highest BCUT2D eigenvalue weighted by atomic mass is 32.1. The Morgan fingerprint density at radius 3 is 3.05 bits per heavy atom. The van der Waals surface area contributed by atoms with Crippen molar-refractivity contribution in [2.75, 3.05) is 19.6 Å². The second kappa shape index (κ2) is 6.09. The van der Waals surface area contributed by atoms with E-state index < -0.39 is 0 Å². The minimum Gasteiger partial charge on any atom is -0.335 e. The Morgan fingerprint density at radius 2 is 2.38 bits per heavy atom. The molecular formula is C17H26N2OS. The van der Waals surface area contributed by atoms with Gasteiger partial charge in [-0.3, -0.25) is 4.79 Å². The molecule has 3 nitrogen and oxygen atoms in total. The minimum absolute atomic E-state index is 0.143. The molecule has 0 bridgehead atoms. The largest absolute Gasteiger partial charge is 0.335 e. The average molecular weight is 306 g/mol. The number of thiophene rings is 1. The second-order valence-corrected chi connectivity index (χ2v) is 7.43. The van der Waals surface area contributed by atoms with E-state index in [2.05, 4.69) is 35.5 Å². The molecule has 2 aliphatic heterocycles. The van der Waals surface area contributed by atoms with Crippen molar-refractivity contribution >= 4 is 17.2 Å². The van der Waals surface area contributed by atoms with Crippen molar-refractivity contribution in [1.82, 2.24) is 10.2 Å². The lowest BCUT2D eigenvalue weighted by Gasteiger charge is -2.41. The molecule has 0 aromatic carbocycles. The van der Waals surface area contributed by atoms with Crippen molar-refractivity contribution in [3.8, 4) is 0 Å². The highest BCUT2D eigenvalue weighted by Crippen LogP contribution is 2.40. The van der Waals surface area contributed by atoms with Crippen molar-refractivity contribution < 1.29 is 4.79 Å². The molecule has 1 amide bonds. The number of rotatable bonds is 4. The van der Waals surface area contributed by atoms with Crippen molar-refractivity contribution in [3.63, 3.8) is 0 Å². The van der Waals surface area contributed by atoms with Crippen LogP contribution in [0.1, 0.15) is 56.0 Å². The summed E-state index contributed by atoms with van der Waals surface area (Å²) in [6.45, 7) is 7.15. The molecule has 21 heavy (non-hydrogen) atoms. The Hall–Kier alpha value is -0.870. The predicted octanol–water partition coefficient (Wildman–Crippen LogP) is 3.36. The molecule has 4 heteroatoms. The van der Waals surface area contributed by atoms with Crippen LogP contribution < -0.4 is 5.32 Å². The minimum atomic E-state index is -0.143. The highest BCUT2D eigenvalue weighted by molar-refractivity contribution is 7.10. The Bertz CT molecular complexity index is 505. The van der Waals surface area contributed by atoms with Gasteiger partial charge >= 0.3 is 0 Å². The fraction of sp³-hybridized carbons (Fsp3) is 0.706. The zero-order chi connectivity index (χ0) is 14.9. The van der Waals surface area contributed by atoms with Crippen molar-refractivity contribution in [1.29, 1.82) is 0 Å². The molecular weight excluding hydrogens is 280 g/mol. The maximum atomic E-state index is 13.3. The molecule has 1 aromatic rings. The topological polar surface area (TPSA) is 32.3 Å². The van der Waals surface area contributed by atoms with Crippen molar-refractivity contribution in [2.45, 2.75) is 52.0 Å². The number of hydrogen-bond acceptors (Lipinski definition) is 3. The molecule has 3 rings (SSSR count). The Kier molecular flexibility index (Phi) is 4.36. The quantitative estimate of drug-likeness (QED) is 0.925. The number of fused-ring (bicyclic) bond motifs is 1. The van der Waals surface area contributed by atoms with Gasteiger partial charge in [-0.1, -0.05) is 20.3 Å². The van der Waals surface area contributed by atoms with Crippen LogP contribution in [-0.2, 0) is 11.2 Å². The summed E-state index contributed by atoms with van der Waals surface area (Å²) in [5, 5.41) is 5.60. The fourth-order valence-electron chi connectivity index (χ4n) is 4.11. The lowest BCUT2D eigenvalue weighted by molar-refractivity contribution is -0.144. The monoisotopic (exact) mass is 306 g/mol. The SMILES string of the molecule is CCCC1(C(=O)N2CCc3sccc3C2CC)CCNC1. The van der Waals surface area contributed by atoms with Crippen LogP contribution in [0.4, 0.5) is 0 Å². The third-order valence-corrected chi connectivity index (χ3v) is 6.16. The molecule has 0 spiro atoms. The third kappa shape index (κ3) is 2.53. The molecule has 2 aliphatic rings. The van der Waals surface area contributed by atoms with E-state index in [1.807, 2.05) is 11.3 Å². The van der Waals surface area contributed by atoms with Gasteiger partial charge in [-0.25, -0.2) is 0 Å². The lowest BCUT2D eigenvalue weighted by Crippen LogP contribution is -2.49. The number of carbonyl (C=O) groups excluding carboxylic acids is 1.